The summed E-state index contributed by atoms with van der Waals surface area (Å²) in [4.78, 5) is 13.8. The predicted molar refractivity (Wildman–Crippen MR) is 65.6 cm³/mol. The van der Waals surface area contributed by atoms with Crippen LogP contribution in [-0.2, 0) is 11.3 Å². The molecule has 0 aliphatic rings. The molecule has 0 unspecified atom stereocenters. The molecule has 1 aromatic rings. The highest BCUT2D eigenvalue weighted by molar-refractivity contribution is 5.75. The van der Waals surface area contributed by atoms with Gasteiger partial charge in [-0.05, 0) is 20.0 Å². The van der Waals surface area contributed by atoms with Crippen LogP contribution in [0.4, 0.5) is 0 Å². The van der Waals surface area contributed by atoms with Crippen LogP contribution in [0, 0.1) is 6.92 Å². The molecule has 1 amide bonds. The van der Waals surface area contributed by atoms with Crippen LogP contribution in [0.1, 0.15) is 19.5 Å². The van der Waals surface area contributed by atoms with E-state index in [1.54, 1.807) is 10.9 Å². The van der Waals surface area contributed by atoms with Gasteiger partial charge in [-0.2, -0.15) is 0 Å². The summed E-state index contributed by atoms with van der Waals surface area (Å²) in [5.41, 5.74) is 0.820. The minimum atomic E-state index is -0.0259. The molecule has 0 saturated heterocycles. The summed E-state index contributed by atoms with van der Waals surface area (Å²) in [6.07, 6.45) is 1.75. The molecule has 0 radical (unpaired) electrons. The van der Waals surface area contributed by atoms with E-state index in [1.807, 2.05) is 6.92 Å². The fourth-order valence-electron chi connectivity index (χ4n) is 1.57. The fourth-order valence-corrected chi connectivity index (χ4v) is 1.57. The van der Waals surface area contributed by atoms with Crippen molar-refractivity contribution in [2.75, 3.05) is 26.2 Å². The van der Waals surface area contributed by atoms with Crippen molar-refractivity contribution in [1.29, 1.82) is 0 Å². The maximum absolute atomic E-state index is 11.6. The van der Waals surface area contributed by atoms with Crippen LogP contribution in [0.15, 0.2) is 6.20 Å². The topological polar surface area (TPSA) is 63.1 Å². The Hall–Kier alpha value is -1.43. The average Bonchev–Trinajstić information content (AvgIpc) is 2.70. The van der Waals surface area contributed by atoms with Gasteiger partial charge in [0, 0.05) is 19.3 Å². The van der Waals surface area contributed by atoms with Gasteiger partial charge >= 0.3 is 0 Å². The highest BCUT2D eigenvalue weighted by Crippen LogP contribution is 1.89. The molecule has 0 spiro atoms. The number of nitrogens with zero attached hydrogens (tertiary/aromatic N) is 4. The first-order valence-electron chi connectivity index (χ1n) is 6.01. The predicted octanol–water partition coefficient (Wildman–Crippen LogP) is 0.0445. The van der Waals surface area contributed by atoms with Gasteiger partial charge in [0.2, 0.25) is 5.91 Å². The first-order chi connectivity index (χ1) is 8.15. The Bertz CT molecular complexity index is 345. The number of amides is 1. The molecule has 0 aliphatic heterocycles. The normalized spacial score (nSPS) is 10.8. The van der Waals surface area contributed by atoms with Crippen LogP contribution in [0.2, 0.25) is 0 Å². The summed E-state index contributed by atoms with van der Waals surface area (Å²) in [7, 11) is 0. The zero-order valence-corrected chi connectivity index (χ0v) is 10.8. The standard InChI is InChI=1S/C11H21N5O/c1-4-15(5-2)7-6-12-11(17)9-16-8-10(3)13-14-16/h8H,4-7,9H2,1-3H3,(H,12,17). The summed E-state index contributed by atoms with van der Waals surface area (Å²) < 4.78 is 1.54. The van der Waals surface area contributed by atoms with Crippen molar-refractivity contribution < 1.29 is 4.79 Å². The molecule has 6 nitrogen and oxygen atoms in total. The minimum Gasteiger partial charge on any atom is -0.353 e. The summed E-state index contributed by atoms with van der Waals surface area (Å²) in [5, 5.41) is 10.5. The Morgan fingerprint density at radius 2 is 2.18 bits per heavy atom. The van der Waals surface area contributed by atoms with E-state index in [4.69, 9.17) is 0 Å². The van der Waals surface area contributed by atoms with Gasteiger partial charge in [0.15, 0.2) is 0 Å². The Morgan fingerprint density at radius 3 is 2.71 bits per heavy atom. The molecule has 1 aromatic heterocycles. The minimum absolute atomic E-state index is 0.0259. The molecule has 17 heavy (non-hydrogen) atoms. The molecule has 0 aliphatic carbocycles. The Morgan fingerprint density at radius 1 is 1.47 bits per heavy atom. The van der Waals surface area contributed by atoms with Gasteiger partial charge in [-0.3, -0.25) is 4.79 Å². The van der Waals surface area contributed by atoms with Crippen LogP contribution >= 0.6 is 0 Å². The van der Waals surface area contributed by atoms with Gasteiger partial charge in [-0.15, -0.1) is 5.10 Å². The Kier molecular flexibility index (Phi) is 5.62. The lowest BCUT2D eigenvalue weighted by atomic mass is 10.4. The number of rotatable bonds is 7. The molecule has 0 bridgehead atoms. The third-order valence-corrected chi connectivity index (χ3v) is 2.60. The maximum atomic E-state index is 11.6. The largest absolute Gasteiger partial charge is 0.353 e. The zero-order chi connectivity index (χ0) is 12.7. The van der Waals surface area contributed by atoms with Crippen LogP contribution in [0.3, 0.4) is 0 Å². The van der Waals surface area contributed by atoms with Gasteiger partial charge in [-0.1, -0.05) is 19.1 Å². The van der Waals surface area contributed by atoms with Crippen molar-refractivity contribution in [2.45, 2.75) is 27.3 Å². The SMILES string of the molecule is CCN(CC)CCNC(=O)Cn1cc(C)nn1. The van der Waals surface area contributed by atoms with Crippen LogP contribution < -0.4 is 5.32 Å². The first kappa shape index (κ1) is 13.6. The van der Waals surface area contributed by atoms with E-state index in [0.29, 0.717) is 6.54 Å². The number of hydrogen-bond donors (Lipinski definition) is 1. The van der Waals surface area contributed by atoms with Crippen molar-refractivity contribution in [3.8, 4) is 0 Å². The van der Waals surface area contributed by atoms with E-state index in [0.717, 1.165) is 25.3 Å². The van der Waals surface area contributed by atoms with E-state index in [1.165, 1.54) is 0 Å². The molecule has 1 rings (SSSR count). The highest BCUT2D eigenvalue weighted by Gasteiger charge is 2.04. The van der Waals surface area contributed by atoms with Gasteiger partial charge in [0.1, 0.15) is 6.54 Å². The number of aromatic nitrogens is 3. The molecule has 0 saturated carbocycles. The van der Waals surface area contributed by atoms with Crippen LogP contribution in [0.5, 0.6) is 0 Å². The quantitative estimate of drug-likeness (QED) is 0.730. The second-order valence-corrected chi connectivity index (χ2v) is 3.93. The van der Waals surface area contributed by atoms with E-state index in [-0.39, 0.29) is 12.5 Å². The monoisotopic (exact) mass is 239 g/mol. The summed E-state index contributed by atoms with van der Waals surface area (Å²) in [5.74, 6) is -0.0259. The Labute approximate surface area is 102 Å². The molecular formula is C11H21N5O. The number of likely N-dealkylation sites (N-methyl/N-ethyl adjacent to an activating group) is 1. The molecular weight excluding hydrogens is 218 g/mol. The number of nitrogens with one attached hydrogen (secondary N) is 1. The second-order valence-electron chi connectivity index (χ2n) is 3.93. The van der Waals surface area contributed by atoms with Crippen molar-refractivity contribution in [1.82, 2.24) is 25.2 Å². The van der Waals surface area contributed by atoms with Crippen molar-refractivity contribution in [3.05, 3.63) is 11.9 Å². The molecule has 1 N–H and O–H groups in total. The number of hydrogen-bond acceptors (Lipinski definition) is 4. The van der Waals surface area contributed by atoms with E-state index >= 15 is 0 Å². The molecule has 6 heteroatoms. The van der Waals surface area contributed by atoms with Crippen molar-refractivity contribution in [3.63, 3.8) is 0 Å². The average molecular weight is 239 g/mol. The highest BCUT2D eigenvalue weighted by atomic mass is 16.2. The van der Waals surface area contributed by atoms with Crippen LogP contribution in [0.25, 0.3) is 0 Å². The Balaban J connectivity index is 2.21. The van der Waals surface area contributed by atoms with Crippen molar-refractivity contribution in [2.24, 2.45) is 0 Å². The lowest BCUT2D eigenvalue weighted by Crippen LogP contribution is -2.36. The van der Waals surface area contributed by atoms with Gasteiger partial charge < -0.3 is 10.2 Å². The fraction of sp³-hybridized carbons (Fsp3) is 0.727. The van der Waals surface area contributed by atoms with E-state index in [2.05, 4.69) is 34.4 Å². The smallest absolute Gasteiger partial charge is 0.241 e. The maximum Gasteiger partial charge on any atom is 0.241 e. The van der Waals surface area contributed by atoms with Crippen LogP contribution in [-0.4, -0.2) is 52.0 Å². The number of carbonyl (C=O) groups excluding carboxylic acids is 1. The molecule has 96 valence electrons. The lowest BCUT2D eigenvalue weighted by molar-refractivity contribution is -0.121. The van der Waals surface area contributed by atoms with E-state index < -0.39 is 0 Å². The first-order valence-corrected chi connectivity index (χ1v) is 6.01. The number of aryl methyl sites for hydroxylation is 1. The van der Waals surface area contributed by atoms with Gasteiger partial charge in [0.25, 0.3) is 0 Å². The zero-order valence-electron chi connectivity index (χ0n) is 10.8. The van der Waals surface area contributed by atoms with Gasteiger partial charge in [-0.25, -0.2) is 4.68 Å². The summed E-state index contributed by atoms with van der Waals surface area (Å²) in [6, 6.07) is 0. The third kappa shape index (κ3) is 4.95. The molecule has 1 heterocycles. The molecule has 0 atom stereocenters. The summed E-state index contributed by atoms with van der Waals surface area (Å²) >= 11 is 0. The van der Waals surface area contributed by atoms with Crippen molar-refractivity contribution >= 4 is 5.91 Å². The third-order valence-electron chi connectivity index (χ3n) is 2.60. The summed E-state index contributed by atoms with van der Waals surface area (Å²) in [6.45, 7) is 9.89. The lowest BCUT2D eigenvalue weighted by Gasteiger charge is -2.17. The molecule has 0 fully saturated rings. The van der Waals surface area contributed by atoms with Gasteiger partial charge in [0.05, 0.1) is 5.69 Å². The molecule has 0 aromatic carbocycles. The van der Waals surface area contributed by atoms with E-state index in [9.17, 15) is 4.79 Å². The number of carbonyl (C=O) groups is 1. The second kappa shape index (κ2) is 7.01.